The highest BCUT2D eigenvalue weighted by Crippen LogP contribution is 2.66. The maximum atomic E-state index is 12.4. The van der Waals surface area contributed by atoms with Crippen LogP contribution in [0.25, 0.3) is 0 Å². The lowest BCUT2D eigenvalue weighted by Crippen LogP contribution is -2.31. The molecule has 0 N–H and O–H groups in total. The summed E-state index contributed by atoms with van der Waals surface area (Å²) in [6, 6.07) is 19.2. The number of carbonyl (C=O) groups is 1. The van der Waals surface area contributed by atoms with E-state index >= 15 is 0 Å². The highest BCUT2D eigenvalue weighted by molar-refractivity contribution is 5.89. The van der Waals surface area contributed by atoms with Crippen LogP contribution in [0.5, 0.6) is 0 Å². The summed E-state index contributed by atoms with van der Waals surface area (Å²) >= 11 is 0. The molecule has 3 heteroatoms. The minimum absolute atomic E-state index is 0.212. The largest absolute Gasteiger partial charge is 0.455 e. The first kappa shape index (κ1) is 13.5. The molecule has 1 aliphatic heterocycles. The van der Waals surface area contributed by atoms with E-state index in [9.17, 15) is 4.79 Å². The molecule has 1 saturated heterocycles. The predicted molar refractivity (Wildman–Crippen MR) is 82.5 cm³/mol. The van der Waals surface area contributed by atoms with Crippen molar-refractivity contribution in [3.63, 3.8) is 0 Å². The van der Waals surface area contributed by atoms with Crippen molar-refractivity contribution in [1.29, 1.82) is 0 Å². The molecule has 3 nitrogen and oxygen atoms in total. The van der Waals surface area contributed by atoms with Gasteiger partial charge in [-0.15, -0.1) is 0 Å². The molecule has 0 aromatic heterocycles. The fourth-order valence-electron chi connectivity index (χ4n) is 3.73. The molecular weight excluding hydrogens is 276 g/mol. The molecule has 1 saturated carbocycles. The molecule has 1 aliphatic carbocycles. The van der Waals surface area contributed by atoms with E-state index in [2.05, 4.69) is 19.1 Å². The number of esters is 1. The van der Waals surface area contributed by atoms with E-state index in [0.29, 0.717) is 5.56 Å². The summed E-state index contributed by atoms with van der Waals surface area (Å²) in [4.78, 5) is 12.4. The SMILES string of the molecule is C[C@]12CC[C@@H](OC(=O)c3ccccc3)[C@@]1(c1ccccc1)O2. The summed E-state index contributed by atoms with van der Waals surface area (Å²) in [5, 5.41) is 0. The third-order valence-corrected chi connectivity index (χ3v) is 4.93. The van der Waals surface area contributed by atoms with Gasteiger partial charge in [0.15, 0.2) is 5.60 Å². The van der Waals surface area contributed by atoms with E-state index < -0.39 is 5.60 Å². The van der Waals surface area contributed by atoms with E-state index in [1.54, 1.807) is 12.1 Å². The highest BCUT2D eigenvalue weighted by atomic mass is 16.7. The Morgan fingerprint density at radius 2 is 1.73 bits per heavy atom. The molecule has 2 aromatic rings. The molecular formula is C19H18O3. The first-order valence-electron chi connectivity index (χ1n) is 7.67. The number of rotatable bonds is 3. The molecule has 2 fully saturated rings. The Morgan fingerprint density at radius 3 is 2.36 bits per heavy atom. The monoisotopic (exact) mass is 294 g/mol. The summed E-state index contributed by atoms with van der Waals surface area (Å²) in [6.45, 7) is 2.11. The van der Waals surface area contributed by atoms with Crippen LogP contribution in [0, 0.1) is 0 Å². The average molecular weight is 294 g/mol. The van der Waals surface area contributed by atoms with Crippen molar-refractivity contribution in [2.75, 3.05) is 0 Å². The lowest BCUT2D eigenvalue weighted by molar-refractivity contribution is 0.000628. The van der Waals surface area contributed by atoms with Gasteiger partial charge in [0.2, 0.25) is 0 Å². The zero-order chi connectivity index (χ0) is 15.2. The molecule has 1 heterocycles. The normalized spacial score (nSPS) is 32.3. The van der Waals surface area contributed by atoms with Crippen molar-refractivity contribution in [2.24, 2.45) is 0 Å². The quantitative estimate of drug-likeness (QED) is 0.640. The number of hydrogen-bond acceptors (Lipinski definition) is 3. The second-order valence-corrected chi connectivity index (χ2v) is 6.23. The standard InChI is InChI=1S/C19H18O3/c1-18-13-12-16(21-17(20)14-8-4-2-5-9-14)19(18,22-18)15-10-6-3-7-11-15/h2-11,16H,12-13H2,1H3/t16-,18+,19-/m1/s1. The van der Waals surface area contributed by atoms with E-state index in [0.717, 1.165) is 18.4 Å². The van der Waals surface area contributed by atoms with Crippen molar-refractivity contribution in [3.05, 3.63) is 71.8 Å². The first-order valence-corrected chi connectivity index (χ1v) is 7.67. The maximum absolute atomic E-state index is 12.4. The average Bonchev–Trinajstić information content (AvgIpc) is 3.11. The van der Waals surface area contributed by atoms with Crippen LogP contribution in [0.3, 0.4) is 0 Å². The molecule has 22 heavy (non-hydrogen) atoms. The van der Waals surface area contributed by atoms with Gasteiger partial charge >= 0.3 is 5.97 Å². The molecule has 4 rings (SSSR count). The fourth-order valence-corrected chi connectivity index (χ4v) is 3.73. The Hall–Kier alpha value is -2.13. The summed E-state index contributed by atoms with van der Waals surface area (Å²) in [5.41, 5.74) is 0.995. The van der Waals surface area contributed by atoms with Crippen molar-refractivity contribution < 1.29 is 14.3 Å². The molecule has 0 amide bonds. The molecule has 112 valence electrons. The Balaban J connectivity index is 1.62. The smallest absolute Gasteiger partial charge is 0.338 e. The molecule has 0 unspecified atom stereocenters. The summed E-state index contributed by atoms with van der Waals surface area (Å²) < 4.78 is 11.9. The van der Waals surface area contributed by atoms with Gasteiger partial charge in [-0.3, -0.25) is 0 Å². The van der Waals surface area contributed by atoms with Crippen LogP contribution < -0.4 is 0 Å². The van der Waals surface area contributed by atoms with Gasteiger partial charge in [0.25, 0.3) is 0 Å². The van der Waals surface area contributed by atoms with Crippen LogP contribution >= 0.6 is 0 Å². The van der Waals surface area contributed by atoms with Gasteiger partial charge < -0.3 is 9.47 Å². The van der Waals surface area contributed by atoms with Gasteiger partial charge in [-0.25, -0.2) is 4.79 Å². The molecule has 3 atom stereocenters. The number of epoxide rings is 1. The van der Waals surface area contributed by atoms with Crippen LogP contribution in [0.1, 0.15) is 35.7 Å². The van der Waals surface area contributed by atoms with Crippen LogP contribution in [0.2, 0.25) is 0 Å². The third kappa shape index (κ3) is 1.82. The molecule has 0 bridgehead atoms. The second kappa shape index (κ2) is 4.68. The summed E-state index contributed by atoms with van der Waals surface area (Å²) in [6.07, 6.45) is 1.52. The Labute approximate surface area is 129 Å². The van der Waals surface area contributed by atoms with E-state index in [1.807, 2.05) is 36.4 Å². The van der Waals surface area contributed by atoms with Gasteiger partial charge in [-0.05, 0) is 37.5 Å². The van der Waals surface area contributed by atoms with Gasteiger partial charge in [-0.1, -0.05) is 48.5 Å². The molecule has 2 aromatic carbocycles. The molecule has 0 spiro atoms. The van der Waals surface area contributed by atoms with Gasteiger partial charge in [0.1, 0.15) is 11.7 Å². The fraction of sp³-hybridized carbons (Fsp3) is 0.316. The molecule has 0 radical (unpaired) electrons. The van der Waals surface area contributed by atoms with Gasteiger partial charge in [0.05, 0.1) is 5.56 Å². The van der Waals surface area contributed by atoms with Crippen LogP contribution in [0.15, 0.2) is 60.7 Å². The Kier molecular flexibility index (Phi) is 2.88. The van der Waals surface area contributed by atoms with Crippen molar-refractivity contribution in [1.82, 2.24) is 0 Å². The van der Waals surface area contributed by atoms with Crippen LogP contribution in [-0.4, -0.2) is 17.7 Å². The third-order valence-electron chi connectivity index (χ3n) is 4.93. The number of carbonyl (C=O) groups excluding carboxylic acids is 1. The summed E-state index contributed by atoms with van der Waals surface area (Å²) in [7, 11) is 0. The zero-order valence-electron chi connectivity index (χ0n) is 12.5. The van der Waals surface area contributed by atoms with Crippen molar-refractivity contribution in [3.8, 4) is 0 Å². The topological polar surface area (TPSA) is 38.8 Å². The minimum atomic E-state index is -0.474. The maximum Gasteiger partial charge on any atom is 0.338 e. The van der Waals surface area contributed by atoms with Crippen LogP contribution in [0.4, 0.5) is 0 Å². The second-order valence-electron chi connectivity index (χ2n) is 6.23. The predicted octanol–water partition coefficient (Wildman–Crippen LogP) is 3.69. The van der Waals surface area contributed by atoms with Crippen molar-refractivity contribution >= 4 is 5.97 Å². The van der Waals surface area contributed by atoms with Gasteiger partial charge in [-0.2, -0.15) is 0 Å². The van der Waals surface area contributed by atoms with Crippen LogP contribution in [-0.2, 0) is 15.1 Å². The number of benzene rings is 2. The Bertz CT molecular complexity index is 697. The Morgan fingerprint density at radius 1 is 1.09 bits per heavy atom. The zero-order valence-corrected chi connectivity index (χ0v) is 12.5. The highest BCUT2D eigenvalue weighted by Gasteiger charge is 2.76. The number of fused-ring (bicyclic) bond motifs is 1. The molecule has 2 aliphatic rings. The minimum Gasteiger partial charge on any atom is -0.455 e. The summed E-state index contributed by atoms with van der Waals surface area (Å²) in [5.74, 6) is -0.277. The van der Waals surface area contributed by atoms with E-state index in [4.69, 9.17) is 9.47 Å². The van der Waals surface area contributed by atoms with E-state index in [1.165, 1.54) is 0 Å². The van der Waals surface area contributed by atoms with Gasteiger partial charge in [0, 0.05) is 0 Å². The lowest BCUT2D eigenvalue weighted by atomic mass is 9.88. The number of hydrogen-bond donors (Lipinski definition) is 0. The van der Waals surface area contributed by atoms with E-state index in [-0.39, 0.29) is 17.7 Å². The number of ether oxygens (including phenoxy) is 2. The first-order chi connectivity index (χ1) is 10.7. The lowest BCUT2D eigenvalue weighted by Gasteiger charge is -2.21. The van der Waals surface area contributed by atoms with Crippen molar-refractivity contribution in [2.45, 2.75) is 37.1 Å².